The molecule has 8 nitrogen and oxygen atoms in total. The van der Waals surface area contributed by atoms with Gasteiger partial charge in [0.05, 0.1) is 11.6 Å². The predicted molar refractivity (Wildman–Crippen MR) is 108 cm³/mol. The Morgan fingerprint density at radius 2 is 1.83 bits per heavy atom. The molecule has 0 spiro atoms. The van der Waals surface area contributed by atoms with Gasteiger partial charge in [-0.15, -0.1) is 0 Å². The number of carboxylic acid groups (broad SMARTS) is 1. The van der Waals surface area contributed by atoms with Crippen molar-refractivity contribution in [1.29, 1.82) is 0 Å². The Bertz CT molecular complexity index is 1150. The molecule has 152 valence electrons. The lowest BCUT2D eigenvalue weighted by Crippen LogP contribution is -2.43. The summed E-state index contributed by atoms with van der Waals surface area (Å²) >= 11 is 11.9. The van der Waals surface area contributed by atoms with E-state index in [2.05, 4.69) is 5.32 Å². The predicted octanol–water partition coefficient (Wildman–Crippen LogP) is 2.75. The van der Waals surface area contributed by atoms with Gasteiger partial charge in [-0.05, 0) is 30.2 Å². The summed E-state index contributed by atoms with van der Waals surface area (Å²) in [7, 11) is 0. The molecular weight excluding hydrogens is 421 g/mol. The standard InChI is InChI=1S/C19H17Cl2N3O5/c1-2-13(19(28)29)22-17(26)15-16(25)14-7-12(21)9-23(14)24(18(15)27)8-10-3-5-11(20)6-4-10/h3-7,9,13,25H,2,8H2,1H3,(H,22,26)(H,28,29)/t13-/m0/s1. The van der Waals surface area contributed by atoms with Gasteiger partial charge in [-0.1, -0.05) is 42.3 Å². The normalized spacial score (nSPS) is 12.1. The van der Waals surface area contributed by atoms with Crippen molar-refractivity contribution in [2.24, 2.45) is 0 Å². The Labute approximate surface area is 174 Å². The van der Waals surface area contributed by atoms with Crippen LogP contribution in [0.1, 0.15) is 29.3 Å². The van der Waals surface area contributed by atoms with E-state index in [4.69, 9.17) is 28.3 Å². The third kappa shape index (κ3) is 4.08. The fraction of sp³-hybridized carbons (Fsp3) is 0.211. The van der Waals surface area contributed by atoms with Crippen molar-refractivity contribution in [1.82, 2.24) is 14.5 Å². The molecule has 0 aliphatic carbocycles. The van der Waals surface area contributed by atoms with Crippen molar-refractivity contribution in [3.8, 4) is 5.75 Å². The van der Waals surface area contributed by atoms with Crippen molar-refractivity contribution in [2.75, 3.05) is 0 Å². The van der Waals surface area contributed by atoms with E-state index in [0.717, 1.165) is 5.56 Å². The summed E-state index contributed by atoms with van der Waals surface area (Å²) in [4.78, 5) is 36.9. The zero-order valence-corrected chi connectivity index (χ0v) is 16.7. The second kappa shape index (κ2) is 8.18. The first-order valence-electron chi connectivity index (χ1n) is 8.64. The Morgan fingerprint density at radius 3 is 2.41 bits per heavy atom. The first-order valence-corrected chi connectivity index (χ1v) is 9.40. The molecular formula is C19H17Cl2N3O5. The molecule has 0 radical (unpaired) electrons. The molecule has 3 rings (SSSR count). The van der Waals surface area contributed by atoms with Crippen molar-refractivity contribution in [2.45, 2.75) is 25.9 Å². The van der Waals surface area contributed by atoms with Crippen LogP contribution in [-0.2, 0) is 11.3 Å². The van der Waals surface area contributed by atoms with Gasteiger partial charge in [0.2, 0.25) is 0 Å². The Kier molecular flexibility index (Phi) is 5.86. The van der Waals surface area contributed by atoms with E-state index in [1.807, 2.05) is 0 Å². The molecule has 29 heavy (non-hydrogen) atoms. The minimum absolute atomic E-state index is 0.0637. The second-order valence-electron chi connectivity index (χ2n) is 6.37. The van der Waals surface area contributed by atoms with Gasteiger partial charge in [0.15, 0.2) is 5.75 Å². The highest BCUT2D eigenvalue weighted by Crippen LogP contribution is 2.26. The van der Waals surface area contributed by atoms with Crippen molar-refractivity contribution in [3.05, 3.63) is 68.1 Å². The van der Waals surface area contributed by atoms with Crippen LogP contribution in [-0.4, -0.2) is 37.3 Å². The monoisotopic (exact) mass is 437 g/mol. The highest BCUT2D eigenvalue weighted by molar-refractivity contribution is 6.31. The third-order valence-electron chi connectivity index (χ3n) is 4.44. The number of carbonyl (C=O) groups is 2. The summed E-state index contributed by atoms with van der Waals surface area (Å²) in [5, 5.41) is 22.7. The average Bonchev–Trinajstić information content (AvgIpc) is 3.06. The number of hydrogen-bond donors (Lipinski definition) is 3. The van der Waals surface area contributed by atoms with Crippen LogP contribution < -0.4 is 10.9 Å². The van der Waals surface area contributed by atoms with Crippen LogP contribution in [0.25, 0.3) is 5.52 Å². The second-order valence-corrected chi connectivity index (χ2v) is 7.25. The number of carbonyl (C=O) groups excluding carboxylic acids is 1. The molecule has 10 heteroatoms. The molecule has 0 saturated carbocycles. The van der Waals surface area contributed by atoms with Crippen molar-refractivity contribution >= 4 is 40.6 Å². The maximum atomic E-state index is 13.1. The van der Waals surface area contributed by atoms with Gasteiger partial charge in [-0.2, -0.15) is 0 Å². The number of aromatic nitrogens is 2. The number of benzene rings is 1. The molecule has 2 heterocycles. The van der Waals surface area contributed by atoms with Crippen LogP contribution in [0.2, 0.25) is 10.0 Å². The lowest BCUT2D eigenvalue weighted by atomic mass is 10.1. The van der Waals surface area contributed by atoms with E-state index in [1.165, 1.54) is 21.5 Å². The maximum Gasteiger partial charge on any atom is 0.326 e. The largest absolute Gasteiger partial charge is 0.505 e. The number of nitrogens with one attached hydrogen (secondary N) is 1. The number of nitrogens with zero attached hydrogens (tertiary/aromatic N) is 2. The molecule has 0 bridgehead atoms. The van der Waals surface area contributed by atoms with Crippen LogP contribution in [0.3, 0.4) is 0 Å². The fourth-order valence-corrected chi connectivity index (χ4v) is 3.26. The summed E-state index contributed by atoms with van der Waals surface area (Å²) in [5.41, 5.74) is -0.496. The lowest BCUT2D eigenvalue weighted by Gasteiger charge is -2.16. The van der Waals surface area contributed by atoms with Gasteiger partial charge >= 0.3 is 5.97 Å². The number of carboxylic acids is 1. The first kappa shape index (κ1) is 20.8. The van der Waals surface area contributed by atoms with Gasteiger partial charge in [0, 0.05) is 11.2 Å². The number of aliphatic carboxylic acids is 1. The molecule has 2 aromatic heterocycles. The summed E-state index contributed by atoms with van der Waals surface area (Å²) in [6.07, 6.45) is 1.54. The maximum absolute atomic E-state index is 13.1. The molecule has 1 aromatic carbocycles. The van der Waals surface area contributed by atoms with Crippen LogP contribution in [0.5, 0.6) is 5.75 Å². The van der Waals surface area contributed by atoms with E-state index in [1.54, 1.807) is 31.2 Å². The Balaban J connectivity index is 2.15. The van der Waals surface area contributed by atoms with Crippen LogP contribution in [0.4, 0.5) is 0 Å². The summed E-state index contributed by atoms with van der Waals surface area (Å²) in [5.74, 6) is -2.80. The number of amides is 1. The summed E-state index contributed by atoms with van der Waals surface area (Å²) in [6.45, 7) is 1.64. The Hall–Kier alpha value is -2.97. The number of aromatic hydroxyl groups is 1. The molecule has 0 saturated heterocycles. The Morgan fingerprint density at radius 1 is 1.17 bits per heavy atom. The molecule has 0 aliphatic rings. The first-order chi connectivity index (χ1) is 13.7. The van der Waals surface area contributed by atoms with E-state index in [0.29, 0.717) is 5.02 Å². The summed E-state index contributed by atoms with van der Waals surface area (Å²) in [6, 6.07) is 6.96. The zero-order chi connectivity index (χ0) is 21.3. The van der Waals surface area contributed by atoms with Crippen LogP contribution in [0, 0.1) is 0 Å². The molecule has 3 N–H and O–H groups in total. The van der Waals surface area contributed by atoms with E-state index in [9.17, 15) is 19.5 Å². The van der Waals surface area contributed by atoms with Crippen LogP contribution in [0.15, 0.2) is 41.3 Å². The molecule has 1 atom stereocenters. The van der Waals surface area contributed by atoms with Gasteiger partial charge in [-0.3, -0.25) is 14.1 Å². The molecule has 0 unspecified atom stereocenters. The number of hydrogen-bond acceptors (Lipinski definition) is 4. The molecule has 1 amide bonds. The quantitative estimate of drug-likeness (QED) is 0.548. The minimum atomic E-state index is -1.24. The van der Waals surface area contributed by atoms with Crippen LogP contribution >= 0.6 is 23.2 Å². The van der Waals surface area contributed by atoms with E-state index < -0.39 is 34.8 Å². The number of halogens is 2. The van der Waals surface area contributed by atoms with Gasteiger partial charge < -0.3 is 15.5 Å². The van der Waals surface area contributed by atoms with Gasteiger partial charge in [0.25, 0.3) is 11.5 Å². The number of fused-ring (bicyclic) bond motifs is 1. The highest BCUT2D eigenvalue weighted by Gasteiger charge is 2.26. The van der Waals surface area contributed by atoms with E-state index in [-0.39, 0.29) is 23.5 Å². The molecule has 0 aliphatic heterocycles. The highest BCUT2D eigenvalue weighted by atomic mass is 35.5. The van der Waals surface area contributed by atoms with E-state index >= 15 is 0 Å². The lowest BCUT2D eigenvalue weighted by molar-refractivity contribution is -0.139. The SMILES string of the molecule is CC[C@H](NC(=O)c1c(O)c2cc(Cl)cn2n(Cc2ccc(Cl)cc2)c1=O)C(=O)O. The van der Waals surface area contributed by atoms with Crippen molar-refractivity contribution in [3.63, 3.8) is 0 Å². The smallest absolute Gasteiger partial charge is 0.326 e. The van der Waals surface area contributed by atoms with Gasteiger partial charge in [-0.25, -0.2) is 9.48 Å². The number of rotatable bonds is 6. The van der Waals surface area contributed by atoms with Gasteiger partial charge in [0.1, 0.15) is 17.1 Å². The average molecular weight is 438 g/mol. The summed E-state index contributed by atoms with van der Waals surface area (Å²) < 4.78 is 2.57. The molecule has 0 fully saturated rings. The minimum Gasteiger partial charge on any atom is -0.505 e. The van der Waals surface area contributed by atoms with Crippen molar-refractivity contribution < 1.29 is 19.8 Å². The fourth-order valence-electron chi connectivity index (χ4n) is 2.94. The molecule has 3 aromatic rings. The third-order valence-corrected chi connectivity index (χ3v) is 4.90. The topological polar surface area (TPSA) is 113 Å². The zero-order valence-electron chi connectivity index (χ0n) is 15.2.